The second-order valence-electron chi connectivity index (χ2n) is 17.4. The number of hydrogen-bond donors (Lipinski definition) is 0. The number of unbranched alkanes of at least 4 members (excludes halogenated alkanes) is 18. The number of rotatable bonds is 41. The average molecular weight is 937 g/mol. The van der Waals surface area contributed by atoms with Crippen molar-refractivity contribution in [3.63, 3.8) is 0 Å². The van der Waals surface area contributed by atoms with E-state index in [1.807, 2.05) is 25.1 Å². The summed E-state index contributed by atoms with van der Waals surface area (Å²) in [6.07, 6.45) is 24.5. The van der Waals surface area contributed by atoms with Crippen LogP contribution in [0.1, 0.15) is 181 Å². The van der Waals surface area contributed by atoms with Gasteiger partial charge in [-0.15, -0.1) is 11.8 Å². The molecular weight excluding hydrogens is 853 g/mol. The summed E-state index contributed by atoms with van der Waals surface area (Å²) in [5, 5.41) is 0. The highest BCUT2D eigenvalue weighted by molar-refractivity contribution is 8.01. The van der Waals surface area contributed by atoms with Crippen molar-refractivity contribution in [1.82, 2.24) is 0 Å². The van der Waals surface area contributed by atoms with Gasteiger partial charge in [-0.2, -0.15) is 16.8 Å². The summed E-state index contributed by atoms with van der Waals surface area (Å²) >= 11 is 1.66. The Kier molecular flexibility index (Phi) is 30.4. The van der Waals surface area contributed by atoms with E-state index in [4.69, 9.17) is 32.1 Å². The largest absolute Gasteiger partial charge is 0.462 e. The summed E-state index contributed by atoms with van der Waals surface area (Å²) in [5.74, 6) is -0.0753. The van der Waals surface area contributed by atoms with E-state index in [2.05, 4.69) is 19.1 Å². The van der Waals surface area contributed by atoms with Crippen LogP contribution < -0.4 is 0 Å². The second kappa shape index (κ2) is 33.2. The maximum Gasteiger partial charge on any atom is 0.322 e. The van der Waals surface area contributed by atoms with Crippen molar-refractivity contribution in [1.29, 1.82) is 0 Å². The summed E-state index contributed by atoms with van der Waals surface area (Å²) < 4.78 is 88.7. The lowest BCUT2D eigenvalue weighted by molar-refractivity contribution is -0.142. The zero-order valence-electron chi connectivity index (χ0n) is 39.2. The van der Waals surface area contributed by atoms with Crippen LogP contribution in [0, 0.1) is 0 Å². The molecule has 12 nitrogen and oxygen atoms in total. The molecule has 1 aliphatic heterocycles. The molecule has 6 atom stereocenters. The van der Waals surface area contributed by atoms with Crippen molar-refractivity contribution in [2.45, 2.75) is 221 Å². The minimum atomic E-state index is -3.88. The Labute approximate surface area is 381 Å². The molecule has 0 N–H and O–H groups in total. The Hall–Kier alpha value is -1.30. The van der Waals surface area contributed by atoms with Crippen molar-refractivity contribution in [2.24, 2.45) is 0 Å². The molecule has 1 aromatic carbocycles. The topological polar surface area (TPSA) is 150 Å². The van der Waals surface area contributed by atoms with E-state index in [1.165, 1.54) is 59.2 Å². The fourth-order valence-corrected chi connectivity index (χ4v) is 11.1. The maximum absolute atomic E-state index is 12.9. The standard InChI is InChI=1S/C47H84O12S3/c1-7-8-9-10-11-12-15-18-21-27-32-42(55-38-53-3)44(58-61(5,49)50)34-35-45(59-62(6,51)52)43(56-39-54-4)33-28-22-19-16-13-14-17-20-23-29-36-47(37-40(2)57-46(47)48)60-41-30-25-24-26-31-41/h24-26,30-31,40,42-45H,7-23,27-29,32-39H2,1-6H3/t40-,42+,43-,44+,45-,47?/m0/s1. The van der Waals surface area contributed by atoms with Crippen LogP contribution in [0.4, 0.5) is 0 Å². The molecule has 0 bridgehead atoms. The van der Waals surface area contributed by atoms with E-state index in [0.29, 0.717) is 12.8 Å². The van der Waals surface area contributed by atoms with Crippen LogP contribution in [0.25, 0.3) is 0 Å². The van der Waals surface area contributed by atoms with Gasteiger partial charge in [-0.05, 0) is 51.2 Å². The average Bonchev–Trinajstić information content (AvgIpc) is 3.49. The molecular formula is C47H84O12S3. The Bertz CT molecular complexity index is 1500. The summed E-state index contributed by atoms with van der Waals surface area (Å²) in [6, 6.07) is 10.1. The molecule has 1 saturated heterocycles. The van der Waals surface area contributed by atoms with Crippen molar-refractivity contribution in [2.75, 3.05) is 40.3 Å². The number of methoxy groups -OCH3 is 2. The molecule has 15 heteroatoms. The highest BCUT2D eigenvalue weighted by atomic mass is 32.2. The molecule has 0 amide bonds. The van der Waals surface area contributed by atoms with Gasteiger partial charge >= 0.3 is 5.97 Å². The predicted molar refractivity (Wildman–Crippen MR) is 249 cm³/mol. The quantitative estimate of drug-likeness (QED) is 0.0265. The van der Waals surface area contributed by atoms with Crippen molar-refractivity contribution < 1.29 is 53.7 Å². The van der Waals surface area contributed by atoms with E-state index in [9.17, 15) is 21.6 Å². The SMILES string of the molecule is CCCCCCCCCCCC[C@@H](OCOC)[C@@H](CC[C@H](OS(C)(=O)=O)[C@H](CCCCCCCCCCCCC1(Sc2ccccc2)C[C@H](C)OC1=O)OCOC)OS(C)(=O)=O. The van der Waals surface area contributed by atoms with Gasteiger partial charge in [0.1, 0.15) is 36.6 Å². The monoisotopic (exact) mass is 937 g/mol. The van der Waals surface area contributed by atoms with Gasteiger partial charge in [-0.3, -0.25) is 13.2 Å². The molecule has 1 aliphatic rings. The van der Waals surface area contributed by atoms with Crippen LogP contribution in [0.15, 0.2) is 35.2 Å². The fraction of sp³-hybridized carbons (Fsp3) is 0.851. The third-order valence-corrected chi connectivity index (χ3v) is 14.1. The van der Waals surface area contributed by atoms with Crippen LogP contribution in [-0.2, 0) is 57.1 Å². The van der Waals surface area contributed by atoms with E-state index >= 15 is 0 Å². The molecule has 0 aromatic heterocycles. The van der Waals surface area contributed by atoms with Gasteiger partial charge in [0.2, 0.25) is 0 Å². The predicted octanol–water partition coefficient (Wildman–Crippen LogP) is 11.3. The molecule has 1 aromatic rings. The lowest BCUT2D eigenvalue weighted by Gasteiger charge is -2.30. The molecule has 0 saturated carbocycles. The number of esters is 1. The van der Waals surface area contributed by atoms with E-state index in [1.54, 1.807) is 11.8 Å². The molecule has 1 fully saturated rings. The van der Waals surface area contributed by atoms with Crippen LogP contribution >= 0.6 is 11.8 Å². The van der Waals surface area contributed by atoms with Gasteiger partial charge in [-0.25, -0.2) is 0 Å². The molecule has 0 spiro atoms. The first-order valence-corrected chi connectivity index (χ1v) is 28.1. The Morgan fingerprint density at radius 1 is 0.613 bits per heavy atom. The minimum Gasteiger partial charge on any atom is -0.462 e. The van der Waals surface area contributed by atoms with Crippen molar-refractivity contribution in [3.05, 3.63) is 30.3 Å². The van der Waals surface area contributed by atoms with Crippen LogP contribution in [0.3, 0.4) is 0 Å². The van der Waals surface area contributed by atoms with Crippen LogP contribution in [0.5, 0.6) is 0 Å². The van der Waals surface area contributed by atoms with Gasteiger partial charge in [0, 0.05) is 25.5 Å². The molecule has 1 unspecified atom stereocenters. The highest BCUT2D eigenvalue weighted by Gasteiger charge is 2.48. The van der Waals surface area contributed by atoms with Gasteiger partial charge in [0.25, 0.3) is 20.2 Å². The third kappa shape index (κ3) is 26.6. The number of carbonyl (C=O) groups is 1. The first-order valence-electron chi connectivity index (χ1n) is 23.6. The van der Waals surface area contributed by atoms with E-state index in [0.717, 1.165) is 114 Å². The molecule has 1 heterocycles. The summed E-state index contributed by atoms with van der Waals surface area (Å²) in [7, 11) is -4.71. The molecule has 0 aliphatic carbocycles. The summed E-state index contributed by atoms with van der Waals surface area (Å²) in [6.45, 7) is 4.15. The summed E-state index contributed by atoms with van der Waals surface area (Å²) in [4.78, 5) is 14.0. The second-order valence-corrected chi connectivity index (χ2v) is 22.0. The lowest BCUT2D eigenvalue weighted by Crippen LogP contribution is -2.38. The van der Waals surface area contributed by atoms with Crippen LogP contribution in [-0.4, -0.2) is 98.4 Å². The van der Waals surface area contributed by atoms with E-state index < -0.39 is 49.4 Å². The zero-order valence-corrected chi connectivity index (χ0v) is 41.6. The molecule has 362 valence electrons. The minimum absolute atomic E-state index is 0.0247. The molecule has 2 rings (SSSR count). The third-order valence-electron chi connectivity index (χ3n) is 11.5. The van der Waals surface area contributed by atoms with Crippen molar-refractivity contribution >= 4 is 38.0 Å². The number of thioether (sulfide) groups is 1. The Morgan fingerprint density at radius 3 is 1.39 bits per heavy atom. The zero-order chi connectivity index (χ0) is 45.5. The van der Waals surface area contributed by atoms with Crippen molar-refractivity contribution in [3.8, 4) is 0 Å². The molecule has 62 heavy (non-hydrogen) atoms. The highest BCUT2D eigenvalue weighted by Crippen LogP contribution is 2.46. The van der Waals surface area contributed by atoms with Gasteiger partial charge in [0.05, 0.1) is 24.7 Å². The smallest absolute Gasteiger partial charge is 0.322 e. The normalized spacial score (nSPS) is 19.1. The number of hydrogen-bond acceptors (Lipinski definition) is 13. The Morgan fingerprint density at radius 2 is 1.02 bits per heavy atom. The molecule has 0 radical (unpaired) electrons. The van der Waals surface area contributed by atoms with E-state index in [-0.39, 0.29) is 38.5 Å². The van der Waals surface area contributed by atoms with Gasteiger partial charge in [-0.1, -0.05) is 154 Å². The first kappa shape index (κ1) is 56.8. The lowest BCUT2D eigenvalue weighted by atomic mass is 9.96. The number of carbonyl (C=O) groups excluding carboxylic acids is 1. The maximum atomic E-state index is 12.9. The fourth-order valence-electron chi connectivity index (χ4n) is 8.37. The number of cyclic esters (lactones) is 1. The number of benzene rings is 1. The Balaban J connectivity index is 1.84. The van der Waals surface area contributed by atoms with Gasteiger partial charge in [0.15, 0.2) is 0 Å². The number of ether oxygens (including phenoxy) is 5. The van der Waals surface area contributed by atoms with Gasteiger partial charge < -0.3 is 23.7 Å². The first-order chi connectivity index (χ1) is 29.7. The van der Waals surface area contributed by atoms with Crippen LogP contribution in [0.2, 0.25) is 0 Å². The summed E-state index contributed by atoms with van der Waals surface area (Å²) in [5.41, 5.74) is 0.